The minimum atomic E-state index is -0.394. The summed E-state index contributed by atoms with van der Waals surface area (Å²) in [6.07, 6.45) is 0. The van der Waals surface area contributed by atoms with Gasteiger partial charge in [-0.05, 0) is 56.0 Å². The zero-order valence-electron chi connectivity index (χ0n) is 10.3. The summed E-state index contributed by atoms with van der Waals surface area (Å²) in [6.45, 7) is 3.89. The Kier molecular flexibility index (Phi) is 4.20. The Balaban J connectivity index is 2.63. The van der Waals surface area contributed by atoms with Gasteiger partial charge in [-0.1, -0.05) is 13.8 Å². The highest BCUT2D eigenvalue weighted by Crippen LogP contribution is 2.25. The van der Waals surface area contributed by atoms with Crippen LogP contribution in [0.3, 0.4) is 0 Å². The third-order valence-electron chi connectivity index (χ3n) is 2.63. The van der Waals surface area contributed by atoms with E-state index in [4.69, 9.17) is 0 Å². The lowest BCUT2D eigenvalue weighted by Crippen LogP contribution is -2.14. The van der Waals surface area contributed by atoms with Crippen LogP contribution in [0.25, 0.3) is 11.4 Å². The van der Waals surface area contributed by atoms with E-state index < -0.39 is 5.82 Å². The molecule has 3 nitrogen and oxygen atoms in total. The fourth-order valence-corrected chi connectivity index (χ4v) is 2.53. The van der Waals surface area contributed by atoms with E-state index in [0.717, 1.165) is 0 Å². The van der Waals surface area contributed by atoms with E-state index in [1.165, 1.54) is 6.07 Å². The average molecular weight is 390 g/mol. The van der Waals surface area contributed by atoms with E-state index in [1.54, 1.807) is 12.1 Å². The van der Waals surface area contributed by atoms with Crippen molar-refractivity contribution in [2.24, 2.45) is 0 Å². The van der Waals surface area contributed by atoms with Gasteiger partial charge in [-0.15, -0.1) is 0 Å². The topological polar surface area (TPSA) is 45.8 Å². The minimum absolute atomic E-state index is 0.0933. The van der Waals surface area contributed by atoms with Crippen molar-refractivity contribution < 1.29 is 4.39 Å². The zero-order chi connectivity index (χ0) is 14.2. The van der Waals surface area contributed by atoms with Crippen LogP contribution in [0.4, 0.5) is 4.39 Å². The molecule has 19 heavy (non-hydrogen) atoms. The Hall–Kier alpha value is -1.01. The Morgan fingerprint density at radius 2 is 2.00 bits per heavy atom. The van der Waals surface area contributed by atoms with Gasteiger partial charge >= 0.3 is 0 Å². The molecule has 1 aromatic heterocycles. The number of halogens is 3. The molecule has 0 atom stereocenters. The van der Waals surface area contributed by atoms with Crippen molar-refractivity contribution in [3.63, 3.8) is 0 Å². The quantitative estimate of drug-likeness (QED) is 0.835. The molecule has 1 aromatic carbocycles. The molecule has 2 aromatic rings. The SMILES string of the molecule is CC(C)c1nc(-c2ccc(Br)c(F)c2)[nH]c(=O)c1Br. The van der Waals surface area contributed by atoms with Crippen LogP contribution in [-0.4, -0.2) is 9.97 Å². The Morgan fingerprint density at radius 3 is 2.58 bits per heavy atom. The van der Waals surface area contributed by atoms with Crippen molar-refractivity contribution in [1.29, 1.82) is 0 Å². The summed E-state index contributed by atoms with van der Waals surface area (Å²) in [5, 5.41) is 0. The second kappa shape index (κ2) is 5.54. The maximum absolute atomic E-state index is 13.5. The largest absolute Gasteiger partial charge is 0.306 e. The van der Waals surface area contributed by atoms with Gasteiger partial charge < -0.3 is 4.98 Å². The lowest BCUT2D eigenvalue weighted by atomic mass is 10.1. The maximum atomic E-state index is 13.5. The summed E-state index contributed by atoms with van der Waals surface area (Å²) in [5.74, 6) is 0.0631. The number of nitrogens with zero attached hydrogens (tertiary/aromatic N) is 1. The number of nitrogens with one attached hydrogen (secondary N) is 1. The normalized spacial score (nSPS) is 11.1. The molecule has 0 spiro atoms. The molecule has 0 fully saturated rings. The lowest BCUT2D eigenvalue weighted by Gasteiger charge is -2.09. The molecule has 100 valence electrons. The first kappa shape index (κ1) is 14.4. The van der Waals surface area contributed by atoms with E-state index in [9.17, 15) is 9.18 Å². The Bertz CT molecular complexity index is 683. The molecule has 6 heteroatoms. The number of hydrogen-bond acceptors (Lipinski definition) is 2. The first-order valence-corrected chi connectivity index (χ1v) is 7.24. The second-order valence-electron chi connectivity index (χ2n) is 4.40. The standard InChI is InChI=1S/C13H11Br2FN2O/c1-6(2)11-10(15)13(19)18-12(17-11)7-3-4-8(14)9(16)5-7/h3-6H,1-2H3,(H,17,18,19). The molecule has 0 aliphatic rings. The fraction of sp³-hybridized carbons (Fsp3) is 0.231. The first-order valence-electron chi connectivity index (χ1n) is 5.65. The van der Waals surface area contributed by atoms with Gasteiger partial charge in [-0.25, -0.2) is 9.37 Å². The third-order valence-corrected chi connectivity index (χ3v) is 4.04. The molecule has 1 heterocycles. The van der Waals surface area contributed by atoms with E-state index in [-0.39, 0.29) is 11.5 Å². The highest BCUT2D eigenvalue weighted by atomic mass is 79.9. The molecule has 2 rings (SSSR count). The monoisotopic (exact) mass is 388 g/mol. The highest BCUT2D eigenvalue weighted by molar-refractivity contribution is 9.10. The van der Waals surface area contributed by atoms with Crippen molar-refractivity contribution in [2.45, 2.75) is 19.8 Å². The van der Waals surface area contributed by atoms with Crippen molar-refractivity contribution in [3.05, 3.63) is 49.0 Å². The molecule has 0 aliphatic carbocycles. The lowest BCUT2D eigenvalue weighted by molar-refractivity contribution is 0.621. The van der Waals surface area contributed by atoms with Gasteiger partial charge in [0.05, 0.1) is 10.2 Å². The molecule has 0 aliphatic heterocycles. The molecular formula is C13H11Br2FN2O. The molecule has 0 unspecified atom stereocenters. The summed E-state index contributed by atoms with van der Waals surface area (Å²) < 4.78 is 14.3. The van der Waals surface area contributed by atoms with Crippen LogP contribution in [0, 0.1) is 5.82 Å². The maximum Gasteiger partial charge on any atom is 0.265 e. The molecule has 0 bridgehead atoms. The number of hydrogen-bond donors (Lipinski definition) is 1. The number of H-pyrrole nitrogens is 1. The smallest absolute Gasteiger partial charge is 0.265 e. The van der Waals surface area contributed by atoms with Crippen LogP contribution in [0.2, 0.25) is 0 Å². The second-order valence-corrected chi connectivity index (χ2v) is 6.04. The summed E-state index contributed by atoms with van der Waals surface area (Å²) in [4.78, 5) is 18.9. The average Bonchev–Trinajstić information content (AvgIpc) is 2.35. The fourth-order valence-electron chi connectivity index (χ4n) is 1.64. The molecule has 1 N–H and O–H groups in total. The summed E-state index contributed by atoms with van der Waals surface area (Å²) in [6, 6.07) is 4.62. The predicted molar refractivity (Wildman–Crippen MR) is 79.7 cm³/mol. The number of rotatable bonds is 2. The van der Waals surface area contributed by atoms with Gasteiger partial charge in [0, 0.05) is 5.56 Å². The number of aromatic amines is 1. The van der Waals surface area contributed by atoms with Gasteiger partial charge in [-0.3, -0.25) is 4.79 Å². The molecule has 0 saturated carbocycles. The van der Waals surface area contributed by atoms with Crippen LogP contribution in [0.5, 0.6) is 0 Å². The summed E-state index contributed by atoms with van der Waals surface area (Å²) in [7, 11) is 0. The van der Waals surface area contributed by atoms with Crippen LogP contribution in [0.15, 0.2) is 31.9 Å². The zero-order valence-corrected chi connectivity index (χ0v) is 13.5. The Morgan fingerprint density at radius 1 is 1.32 bits per heavy atom. The predicted octanol–water partition coefficient (Wildman–Crippen LogP) is 4.22. The van der Waals surface area contributed by atoms with Gasteiger partial charge in [0.2, 0.25) is 0 Å². The van der Waals surface area contributed by atoms with Crippen LogP contribution < -0.4 is 5.56 Å². The van der Waals surface area contributed by atoms with Crippen molar-refractivity contribution in [3.8, 4) is 11.4 Å². The highest BCUT2D eigenvalue weighted by Gasteiger charge is 2.13. The number of benzene rings is 1. The third kappa shape index (κ3) is 2.95. The van der Waals surface area contributed by atoms with Gasteiger partial charge in [0.1, 0.15) is 16.1 Å². The van der Waals surface area contributed by atoms with Gasteiger partial charge in [-0.2, -0.15) is 0 Å². The van der Waals surface area contributed by atoms with Crippen LogP contribution in [0.1, 0.15) is 25.5 Å². The van der Waals surface area contributed by atoms with Crippen molar-refractivity contribution >= 4 is 31.9 Å². The Labute approximate surface area is 126 Å². The van der Waals surface area contributed by atoms with E-state index in [2.05, 4.69) is 41.8 Å². The van der Waals surface area contributed by atoms with Gasteiger partial charge in [0.15, 0.2) is 0 Å². The van der Waals surface area contributed by atoms with E-state index in [1.807, 2.05) is 13.8 Å². The molecule has 0 radical (unpaired) electrons. The van der Waals surface area contributed by atoms with Crippen LogP contribution in [-0.2, 0) is 0 Å². The molecular weight excluding hydrogens is 379 g/mol. The minimum Gasteiger partial charge on any atom is -0.306 e. The number of aromatic nitrogens is 2. The van der Waals surface area contributed by atoms with E-state index >= 15 is 0 Å². The molecule has 0 saturated heterocycles. The van der Waals surface area contributed by atoms with Crippen LogP contribution >= 0.6 is 31.9 Å². The summed E-state index contributed by atoms with van der Waals surface area (Å²) >= 11 is 6.32. The first-order chi connectivity index (χ1) is 8.90. The van der Waals surface area contributed by atoms with Crippen molar-refractivity contribution in [1.82, 2.24) is 9.97 Å². The summed E-state index contributed by atoms with van der Waals surface area (Å²) in [5.41, 5.74) is 0.923. The van der Waals surface area contributed by atoms with E-state index in [0.29, 0.717) is 26.0 Å². The van der Waals surface area contributed by atoms with Crippen molar-refractivity contribution in [2.75, 3.05) is 0 Å². The van der Waals surface area contributed by atoms with Gasteiger partial charge in [0.25, 0.3) is 5.56 Å². The molecule has 0 amide bonds.